The standard InChI is InChI=1S/C13H13Br2N3O/c1-8(2)18-4-3-12(17-18)16-13(19)9-5-10(14)7-11(15)6-9/h3-8H,1-2H3,(H,16,17,19). The number of benzene rings is 1. The van der Waals surface area contributed by atoms with Gasteiger partial charge < -0.3 is 5.32 Å². The van der Waals surface area contributed by atoms with Gasteiger partial charge >= 0.3 is 0 Å². The molecular formula is C13H13Br2N3O. The second-order valence-corrected chi connectivity index (χ2v) is 6.22. The monoisotopic (exact) mass is 385 g/mol. The van der Waals surface area contributed by atoms with Gasteiger partial charge in [-0.1, -0.05) is 31.9 Å². The number of nitrogens with one attached hydrogen (secondary N) is 1. The second-order valence-electron chi connectivity index (χ2n) is 4.39. The van der Waals surface area contributed by atoms with Crippen LogP contribution >= 0.6 is 31.9 Å². The number of carbonyl (C=O) groups is 1. The molecule has 1 amide bonds. The van der Waals surface area contributed by atoms with Crippen LogP contribution in [0.2, 0.25) is 0 Å². The Balaban J connectivity index is 2.15. The van der Waals surface area contributed by atoms with Crippen LogP contribution in [0.5, 0.6) is 0 Å². The van der Waals surface area contributed by atoms with Gasteiger partial charge in [0, 0.05) is 32.8 Å². The van der Waals surface area contributed by atoms with Crippen molar-refractivity contribution in [1.82, 2.24) is 9.78 Å². The molecule has 1 aromatic heterocycles. The molecule has 0 unspecified atom stereocenters. The number of halogens is 2. The molecule has 19 heavy (non-hydrogen) atoms. The van der Waals surface area contributed by atoms with Gasteiger partial charge in [-0.3, -0.25) is 9.48 Å². The van der Waals surface area contributed by atoms with Crippen molar-refractivity contribution < 1.29 is 4.79 Å². The van der Waals surface area contributed by atoms with Crippen molar-refractivity contribution >= 4 is 43.6 Å². The first-order valence-corrected chi connectivity index (χ1v) is 7.37. The van der Waals surface area contributed by atoms with E-state index in [4.69, 9.17) is 0 Å². The number of hydrogen-bond acceptors (Lipinski definition) is 2. The molecule has 2 rings (SSSR count). The molecule has 0 spiro atoms. The van der Waals surface area contributed by atoms with E-state index in [1.807, 2.05) is 26.1 Å². The Labute approximate surface area is 128 Å². The number of aromatic nitrogens is 2. The van der Waals surface area contributed by atoms with Crippen LogP contribution in [0.3, 0.4) is 0 Å². The number of carbonyl (C=O) groups excluding carboxylic acids is 1. The zero-order valence-corrected chi connectivity index (χ0v) is 13.7. The Bertz CT molecular complexity index is 587. The van der Waals surface area contributed by atoms with Gasteiger partial charge in [-0.2, -0.15) is 5.10 Å². The summed E-state index contributed by atoms with van der Waals surface area (Å²) in [6.45, 7) is 4.06. The molecule has 1 aromatic carbocycles. The predicted octanol–water partition coefficient (Wildman–Crippen LogP) is 4.24. The van der Waals surface area contributed by atoms with Crippen LogP contribution in [0.15, 0.2) is 39.4 Å². The van der Waals surface area contributed by atoms with E-state index in [9.17, 15) is 4.79 Å². The maximum absolute atomic E-state index is 12.1. The van der Waals surface area contributed by atoms with Crippen LogP contribution in [-0.4, -0.2) is 15.7 Å². The van der Waals surface area contributed by atoms with Crippen molar-refractivity contribution in [3.8, 4) is 0 Å². The van der Waals surface area contributed by atoms with Crippen molar-refractivity contribution in [1.29, 1.82) is 0 Å². The molecule has 0 aliphatic heterocycles. The zero-order chi connectivity index (χ0) is 14.0. The van der Waals surface area contributed by atoms with E-state index in [-0.39, 0.29) is 11.9 Å². The van der Waals surface area contributed by atoms with E-state index < -0.39 is 0 Å². The smallest absolute Gasteiger partial charge is 0.256 e. The van der Waals surface area contributed by atoms with Gasteiger partial charge in [0.2, 0.25) is 0 Å². The molecule has 6 heteroatoms. The zero-order valence-electron chi connectivity index (χ0n) is 10.5. The van der Waals surface area contributed by atoms with E-state index in [0.717, 1.165) is 8.95 Å². The summed E-state index contributed by atoms with van der Waals surface area (Å²) in [7, 11) is 0. The van der Waals surface area contributed by atoms with Gasteiger partial charge in [0.15, 0.2) is 5.82 Å². The predicted molar refractivity (Wildman–Crippen MR) is 82.4 cm³/mol. The van der Waals surface area contributed by atoms with Crippen LogP contribution in [0.1, 0.15) is 30.2 Å². The summed E-state index contributed by atoms with van der Waals surface area (Å²) < 4.78 is 3.49. The minimum atomic E-state index is -0.184. The topological polar surface area (TPSA) is 46.9 Å². The minimum absolute atomic E-state index is 0.184. The normalized spacial score (nSPS) is 10.8. The summed E-state index contributed by atoms with van der Waals surface area (Å²) in [6, 6.07) is 7.46. The highest BCUT2D eigenvalue weighted by Crippen LogP contribution is 2.21. The van der Waals surface area contributed by atoms with Crippen LogP contribution < -0.4 is 5.32 Å². The summed E-state index contributed by atoms with van der Waals surface area (Å²) in [4.78, 5) is 12.1. The summed E-state index contributed by atoms with van der Waals surface area (Å²) in [5.41, 5.74) is 0.570. The molecule has 1 heterocycles. The lowest BCUT2D eigenvalue weighted by Gasteiger charge is -2.05. The molecule has 0 bridgehead atoms. The molecule has 1 N–H and O–H groups in total. The highest BCUT2D eigenvalue weighted by molar-refractivity contribution is 9.11. The van der Waals surface area contributed by atoms with Crippen molar-refractivity contribution in [2.24, 2.45) is 0 Å². The van der Waals surface area contributed by atoms with Crippen molar-refractivity contribution in [3.63, 3.8) is 0 Å². The average Bonchev–Trinajstić information content (AvgIpc) is 2.76. The highest BCUT2D eigenvalue weighted by Gasteiger charge is 2.10. The lowest BCUT2D eigenvalue weighted by Crippen LogP contribution is -2.13. The molecule has 4 nitrogen and oxygen atoms in total. The van der Waals surface area contributed by atoms with Crippen LogP contribution in [0.25, 0.3) is 0 Å². The highest BCUT2D eigenvalue weighted by atomic mass is 79.9. The lowest BCUT2D eigenvalue weighted by molar-refractivity contribution is 0.102. The van der Waals surface area contributed by atoms with Gasteiger partial charge in [-0.15, -0.1) is 0 Å². The first-order chi connectivity index (χ1) is 8.95. The third kappa shape index (κ3) is 3.67. The maximum Gasteiger partial charge on any atom is 0.256 e. The van der Waals surface area contributed by atoms with E-state index in [0.29, 0.717) is 11.4 Å². The molecule has 0 saturated heterocycles. The summed E-state index contributed by atoms with van der Waals surface area (Å²) in [6.07, 6.45) is 1.84. The van der Waals surface area contributed by atoms with Gasteiger partial charge in [-0.25, -0.2) is 0 Å². The number of amides is 1. The molecule has 0 fully saturated rings. The first-order valence-electron chi connectivity index (χ1n) is 5.78. The van der Waals surface area contributed by atoms with E-state index in [1.54, 1.807) is 22.9 Å². The average molecular weight is 387 g/mol. The fraction of sp³-hybridized carbons (Fsp3) is 0.231. The third-order valence-electron chi connectivity index (χ3n) is 2.50. The van der Waals surface area contributed by atoms with E-state index in [2.05, 4.69) is 42.3 Å². The summed E-state index contributed by atoms with van der Waals surface area (Å²) in [5, 5.41) is 7.06. The number of rotatable bonds is 3. The third-order valence-corrected chi connectivity index (χ3v) is 3.42. The Hall–Kier alpha value is -1.14. The number of anilines is 1. The maximum atomic E-state index is 12.1. The Kier molecular flexibility index (Phi) is 4.42. The molecule has 0 saturated carbocycles. The minimum Gasteiger partial charge on any atom is -0.305 e. The number of nitrogens with zero attached hydrogens (tertiary/aromatic N) is 2. The van der Waals surface area contributed by atoms with Crippen molar-refractivity contribution in [2.45, 2.75) is 19.9 Å². The summed E-state index contributed by atoms with van der Waals surface area (Å²) >= 11 is 6.72. The quantitative estimate of drug-likeness (QED) is 0.857. The Morgan fingerprint density at radius 3 is 2.42 bits per heavy atom. The van der Waals surface area contributed by atoms with Crippen LogP contribution in [-0.2, 0) is 0 Å². The molecule has 2 aromatic rings. The van der Waals surface area contributed by atoms with Gasteiger partial charge in [0.1, 0.15) is 0 Å². The molecular weight excluding hydrogens is 374 g/mol. The van der Waals surface area contributed by atoms with Crippen LogP contribution in [0.4, 0.5) is 5.82 Å². The van der Waals surface area contributed by atoms with Crippen molar-refractivity contribution in [2.75, 3.05) is 5.32 Å². The number of hydrogen-bond donors (Lipinski definition) is 1. The van der Waals surface area contributed by atoms with Crippen molar-refractivity contribution in [3.05, 3.63) is 45.0 Å². The van der Waals surface area contributed by atoms with Crippen LogP contribution in [0, 0.1) is 0 Å². The molecule has 0 radical (unpaired) electrons. The van der Waals surface area contributed by atoms with Gasteiger partial charge in [-0.05, 0) is 32.0 Å². The molecule has 100 valence electrons. The fourth-order valence-electron chi connectivity index (χ4n) is 1.57. The van der Waals surface area contributed by atoms with Gasteiger partial charge in [0.05, 0.1) is 0 Å². The largest absolute Gasteiger partial charge is 0.305 e. The Morgan fingerprint density at radius 2 is 1.89 bits per heavy atom. The molecule has 0 aliphatic carbocycles. The fourth-order valence-corrected chi connectivity index (χ4v) is 2.86. The first kappa shape index (κ1) is 14.3. The second kappa shape index (κ2) is 5.88. The Morgan fingerprint density at radius 1 is 1.26 bits per heavy atom. The van der Waals surface area contributed by atoms with Gasteiger partial charge in [0.25, 0.3) is 5.91 Å². The van der Waals surface area contributed by atoms with E-state index in [1.165, 1.54) is 0 Å². The SMILES string of the molecule is CC(C)n1ccc(NC(=O)c2cc(Br)cc(Br)c2)n1. The molecule has 0 aliphatic rings. The molecule has 0 atom stereocenters. The summed E-state index contributed by atoms with van der Waals surface area (Å²) in [5.74, 6) is 0.366. The lowest BCUT2D eigenvalue weighted by atomic mass is 10.2. The van der Waals surface area contributed by atoms with E-state index >= 15 is 0 Å².